The molecule has 0 saturated carbocycles. The lowest BCUT2D eigenvalue weighted by molar-refractivity contribution is 0.300. The highest BCUT2D eigenvalue weighted by Gasteiger charge is 2.06. The van der Waals surface area contributed by atoms with Gasteiger partial charge in [-0.25, -0.2) is 4.39 Å². The maximum Gasteiger partial charge on any atom is 0.129 e. The molecule has 0 spiro atoms. The molecule has 1 aromatic carbocycles. The van der Waals surface area contributed by atoms with Crippen molar-refractivity contribution in [1.29, 1.82) is 0 Å². The van der Waals surface area contributed by atoms with Crippen molar-refractivity contribution >= 4 is 0 Å². The summed E-state index contributed by atoms with van der Waals surface area (Å²) in [6, 6.07) is 8.81. The second-order valence-corrected chi connectivity index (χ2v) is 4.45. The summed E-state index contributed by atoms with van der Waals surface area (Å²) in [4.78, 5) is 0. The van der Waals surface area contributed by atoms with Gasteiger partial charge in [0.05, 0.1) is 12.3 Å². The monoisotopic (exact) mass is 263 g/mol. The van der Waals surface area contributed by atoms with Gasteiger partial charge in [0.15, 0.2) is 0 Å². The van der Waals surface area contributed by atoms with Crippen LogP contribution >= 0.6 is 0 Å². The van der Waals surface area contributed by atoms with Gasteiger partial charge in [-0.1, -0.05) is 6.07 Å². The van der Waals surface area contributed by atoms with E-state index >= 15 is 0 Å². The number of furan rings is 1. The highest BCUT2D eigenvalue weighted by molar-refractivity contribution is 5.27. The van der Waals surface area contributed by atoms with Gasteiger partial charge < -0.3 is 14.5 Å². The molecule has 0 saturated heterocycles. The predicted octanol–water partition coefficient (Wildman–Crippen LogP) is 3.46. The van der Waals surface area contributed by atoms with E-state index in [1.807, 2.05) is 19.1 Å². The molecule has 2 aromatic rings. The third-order valence-electron chi connectivity index (χ3n) is 2.93. The maximum absolute atomic E-state index is 13.3. The average molecular weight is 263 g/mol. The molecular weight excluding hydrogens is 245 g/mol. The zero-order valence-corrected chi connectivity index (χ0v) is 11.2. The summed E-state index contributed by atoms with van der Waals surface area (Å²) in [7, 11) is 0. The van der Waals surface area contributed by atoms with Crippen LogP contribution in [0.2, 0.25) is 0 Å². The molecule has 19 heavy (non-hydrogen) atoms. The van der Waals surface area contributed by atoms with E-state index in [0.29, 0.717) is 24.5 Å². The van der Waals surface area contributed by atoms with E-state index in [-0.39, 0.29) is 11.9 Å². The molecule has 4 heteroatoms. The first-order valence-electron chi connectivity index (χ1n) is 6.32. The highest BCUT2D eigenvalue weighted by Crippen LogP contribution is 2.16. The topological polar surface area (TPSA) is 34.4 Å². The number of rotatable bonds is 6. The standard InChI is InChI=1S/C15H18FNO2/c1-11-5-6-13(10-14(11)16)18-9-7-17-12(2)15-4-3-8-19-15/h3-6,8,10,12,17H,7,9H2,1-2H3. The van der Waals surface area contributed by atoms with Gasteiger partial charge in [-0.05, 0) is 37.6 Å². The summed E-state index contributed by atoms with van der Waals surface area (Å²) in [6.07, 6.45) is 1.65. The number of hydrogen-bond donors (Lipinski definition) is 1. The van der Waals surface area contributed by atoms with Crippen LogP contribution < -0.4 is 10.1 Å². The number of halogens is 1. The van der Waals surface area contributed by atoms with Crippen LogP contribution in [0.3, 0.4) is 0 Å². The summed E-state index contributed by atoms with van der Waals surface area (Å²) < 4.78 is 24.1. The van der Waals surface area contributed by atoms with E-state index in [1.165, 1.54) is 6.07 Å². The largest absolute Gasteiger partial charge is 0.492 e. The molecule has 1 N–H and O–H groups in total. The molecule has 0 aliphatic heterocycles. The molecule has 1 aromatic heterocycles. The Balaban J connectivity index is 1.73. The van der Waals surface area contributed by atoms with Crippen molar-refractivity contribution in [3.8, 4) is 5.75 Å². The fourth-order valence-electron chi connectivity index (χ4n) is 1.75. The first-order valence-corrected chi connectivity index (χ1v) is 6.32. The van der Waals surface area contributed by atoms with Gasteiger partial charge in [-0.15, -0.1) is 0 Å². The normalized spacial score (nSPS) is 12.4. The van der Waals surface area contributed by atoms with Gasteiger partial charge in [0.1, 0.15) is 23.9 Å². The van der Waals surface area contributed by atoms with Crippen LogP contribution in [-0.4, -0.2) is 13.2 Å². The van der Waals surface area contributed by atoms with Crippen molar-refractivity contribution in [1.82, 2.24) is 5.32 Å². The van der Waals surface area contributed by atoms with Gasteiger partial charge >= 0.3 is 0 Å². The van der Waals surface area contributed by atoms with Crippen molar-refractivity contribution in [2.75, 3.05) is 13.2 Å². The second-order valence-electron chi connectivity index (χ2n) is 4.45. The maximum atomic E-state index is 13.3. The Morgan fingerprint density at radius 2 is 2.21 bits per heavy atom. The average Bonchev–Trinajstić information content (AvgIpc) is 2.92. The Morgan fingerprint density at radius 1 is 1.37 bits per heavy atom. The van der Waals surface area contributed by atoms with Gasteiger partial charge in [-0.3, -0.25) is 0 Å². The minimum Gasteiger partial charge on any atom is -0.492 e. The Labute approximate surface area is 112 Å². The number of ether oxygens (including phenoxy) is 1. The molecule has 1 heterocycles. The summed E-state index contributed by atoms with van der Waals surface area (Å²) in [5, 5.41) is 3.27. The number of aryl methyl sites for hydroxylation is 1. The van der Waals surface area contributed by atoms with Crippen molar-refractivity contribution < 1.29 is 13.5 Å². The van der Waals surface area contributed by atoms with E-state index in [1.54, 1.807) is 25.3 Å². The van der Waals surface area contributed by atoms with Gasteiger partial charge in [0, 0.05) is 12.6 Å². The smallest absolute Gasteiger partial charge is 0.129 e. The molecular formula is C15H18FNO2. The molecule has 0 amide bonds. The zero-order valence-electron chi connectivity index (χ0n) is 11.2. The van der Waals surface area contributed by atoms with E-state index in [4.69, 9.17) is 9.15 Å². The van der Waals surface area contributed by atoms with Crippen molar-refractivity contribution in [3.05, 3.63) is 53.7 Å². The summed E-state index contributed by atoms with van der Waals surface area (Å²) in [6.45, 7) is 4.89. The van der Waals surface area contributed by atoms with Crippen LogP contribution in [0.25, 0.3) is 0 Å². The molecule has 3 nitrogen and oxygen atoms in total. The molecule has 102 valence electrons. The van der Waals surface area contributed by atoms with Gasteiger partial charge in [-0.2, -0.15) is 0 Å². The minimum atomic E-state index is -0.241. The Kier molecular flexibility index (Phi) is 4.58. The summed E-state index contributed by atoms with van der Waals surface area (Å²) in [5.74, 6) is 1.20. The second kappa shape index (κ2) is 6.38. The molecule has 1 atom stereocenters. The first-order chi connectivity index (χ1) is 9.16. The SMILES string of the molecule is Cc1ccc(OCCNC(C)c2ccco2)cc1F. The first kappa shape index (κ1) is 13.6. The van der Waals surface area contributed by atoms with Crippen LogP contribution in [0.5, 0.6) is 5.75 Å². The number of hydrogen-bond acceptors (Lipinski definition) is 3. The molecule has 0 aliphatic rings. The number of benzene rings is 1. The van der Waals surface area contributed by atoms with Crippen LogP contribution in [0.1, 0.15) is 24.3 Å². The zero-order chi connectivity index (χ0) is 13.7. The Bertz CT molecular complexity index is 511. The third-order valence-corrected chi connectivity index (χ3v) is 2.93. The van der Waals surface area contributed by atoms with E-state index < -0.39 is 0 Å². The molecule has 0 aliphatic carbocycles. The minimum absolute atomic E-state index is 0.133. The van der Waals surface area contributed by atoms with Crippen molar-refractivity contribution in [3.63, 3.8) is 0 Å². The molecule has 0 bridgehead atoms. The van der Waals surface area contributed by atoms with Crippen molar-refractivity contribution in [2.24, 2.45) is 0 Å². The molecule has 2 rings (SSSR count). The fourth-order valence-corrected chi connectivity index (χ4v) is 1.75. The Hall–Kier alpha value is -1.81. The van der Waals surface area contributed by atoms with Crippen molar-refractivity contribution in [2.45, 2.75) is 19.9 Å². The molecule has 0 fully saturated rings. The van der Waals surface area contributed by atoms with Crippen LogP contribution in [-0.2, 0) is 0 Å². The molecule has 1 unspecified atom stereocenters. The lowest BCUT2D eigenvalue weighted by Crippen LogP contribution is -2.24. The third kappa shape index (κ3) is 3.83. The van der Waals surface area contributed by atoms with Gasteiger partial charge in [0.25, 0.3) is 0 Å². The number of nitrogens with one attached hydrogen (secondary N) is 1. The van der Waals surface area contributed by atoms with Crippen LogP contribution in [0, 0.1) is 12.7 Å². The predicted molar refractivity (Wildman–Crippen MR) is 71.8 cm³/mol. The van der Waals surface area contributed by atoms with Crippen LogP contribution in [0.4, 0.5) is 4.39 Å². The van der Waals surface area contributed by atoms with E-state index in [0.717, 1.165) is 5.76 Å². The fraction of sp³-hybridized carbons (Fsp3) is 0.333. The quantitative estimate of drug-likeness (QED) is 0.810. The Morgan fingerprint density at radius 3 is 2.89 bits per heavy atom. The summed E-state index contributed by atoms with van der Waals surface area (Å²) >= 11 is 0. The highest BCUT2D eigenvalue weighted by atomic mass is 19.1. The van der Waals surface area contributed by atoms with E-state index in [9.17, 15) is 4.39 Å². The lowest BCUT2D eigenvalue weighted by atomic mass is 10.2. The van der Waals surface area contributed by atoms with Gasteiger partial charge in [0.2, 0.25) is 0 Å². The molecule has 0 radical (unpaired) electrons. The van der Waals surface area contributed by atoms with E-state index in [2.05, 4.69) is 5.32 Å². The van der Waals surface area contributed by atoms with Crippen LogP contribution in [0.15, 0.2) is 41.0 Å². The lowest BCUT2D eigenvalue weighted by Gasteiger charge is -2.12. The summed E-state index contributed by atoms with van der Waals surface area (Å²) in [5.41, 5.74) is 0.622.